The number of nitrogens with zero attached hydrogens (tertiary/aromatic N) is 1. The molecule has 2 heterocycles. The maximum Gasteiger partial charge on any atom is 0.337 e. The average Bonchev–Trinajstić information content (AvgIpc) is 2.86. The number of hydrogen-bond acceptors (Lipinski definition) is 6. The molecule has 1 aromatic rings. The Morgan fingerprint density at radius 1 is 1.26 bits per heavy atom. The van der Waals surface area contributed by atoms with Crippen LogP contribution in [-0.2, 0) is 25.5 Å². The topological polar surface area (TPSA) is 74.3 Å². The van der Waals surface area contributed by atoms with Crippen molar-refractivity contribution in [1.82, 2.24) is 4.90 Å². The zero-order valence-electron chi connectivity index (χ0n) is 16.2. The summed E-state index contributed by atoms with van der Waals surface area (Å²) in [5.41, 5.74) is 0.751. The van der Waals surface area contributed by atoms with Gasteiger partial charge in [-0.3, -0.25) is 4.79 Å². The third-order valence-electron chi connectivity index (χ3n) is 5.43. The van der Waals surface area contributed by atoms with E-state index in [0.29, 0.717) is 57.1 Å². The molecule has 0 N–H and O–H groups in total. The summed E-state index contributed by atoms with van der Waals surface area (Å²) in [7, 11) is 2.98. The number of carbonyl (C=O) groups excluding carboxylic acids is 2. The van der Waals surface area contributed by atoms with Crippen LogP contribution in [0.4, 0.5) is 0 Å². The number of carbonyl (C=O) groups is 2. The van der Waals surface area contributed by atoms with Gasteiger partial charge in [0.1, 0.15) is 12.4 Å². The van der Waals surface area contributed by atoms with E-state index in [-0.39, 0.29) is 11.9 Å². The summed E-state index contributed by atoms with van der Waals surface area (Å²) in [4.78, 5) is 27.2. The molecule has 1 aromatic carbocycles. The molecule has 0 spiro atoms. The number of rotatable bonds is 4. The molecule has 0 aromatic heterocycles. The van der Waals surface area contributed by atoms with Crippen molar-refractivity contribution in [1.29, 1.82) is 0 Å². The summed E-state index contributed by atoms with van der Waals surface area (Å²) in [5.74, 6) is 0.286. The van der Waals surface area contributed by atoms with E-state index in [1.165, 1.54) is 7.11 Å². The molecule has 1 amide bonds. The van der Waals surface area contributed by atoms with Crippen LogP contribution in [0.3, 0.4) is 0 Å². The summed E-state index contributed by atoms with van der Waals surface area (Å²) in [6.07, 6.45) is 1.30. The third-order valence-corrected chi connectivity index (χ3v) is 5.43. The number of fused-ring (bicyclic) bond motifs is 1. The van der Waals surface area contributed by atoms with Crippen LogP contribution < -0.4 is 4.74 Å². The Balaban J connectivity index is 1.87. The molecule has 2 aliphatic rings. The molecule has 0 bridgehead atoms. The Bertz CT molecular complexity index is 692. The molecule has 0 saturated carbocycles. The normalized spacial score (nSPS) is 21.6. The van der Waals surface area contributed by atoms with Gasteiger partial charge >= 0.3 is 5.97 Å². The van der Waals surface area contributed by atoms with Gasteiger partial charge in [0.15, 0.2) is 0 Å². The van der Waals surface area contributed by atoms with Gasteiger partial charge in [-0.1, -0.05) is 6.07 Å². The Hall–Kier alpha value is -2.12. The summed E-state index contributed by atoms with van der Waals surface area (Å²) in [6, 6.07) is 5.11. The number of ether oxygens (including phenoxy) is 4. The quantitative estimate of drug-likeness (QED) is 0.748. The van der Waals surface area contributed by atoms with Gasteiger partial charge in [0.05, 0.1) is 30.7 Å². The maximum absolute atomic E-state index is 13.5. The predicted octanol–water partition coefficient (Wildman–Crippen LogP) is 2.03. The monoisotopic (exact) mass is 377 g/mol. The van der Waals surface area contributed by atoms with E-state index >= 15 is 0 Å². The Morgan fingerprint density at radius 2 is 2.00 bits per heavy atom. The fraction of sp³-hybridized carbons (Fsp3) is 0.600. The Kier molecular flexibility index (Phi) is 6.01. The van der Waals surface area contributed by atoms with Gasteiger partial charge in [0, 0.05) is 32.4 Å². The van der Waals surface area contributed by atoms with Crippen molar-refractivity contribution < 1.29 is 28.5 Å². The minimum atomic E-state index is -0.558. The van der Waals surface area contributed by atoms with E-state index in [9.17, 15) is 9.59 Å². The van der Waals surface area contributed by atoms with Gasteiger partial charge < -0.3 is 23.8 Å². The molecule has 1 fully saturated rings. The Labute approximate surface area is 159 Å². The third kappa shape index (κ3) is 3.94. The highest BCUT2D eigenvalue weighted by Crippen LogP contribution is 2.36. The van der Waals surface area contributed by atoms with E-state index in [2.05, 4.69) is 0 Å². The first-order valence-corrected chi connectivity index (χ1v) is 9.22. The van der Waals surface area contributed by atoms with Crippen molar-refractivity contribution >= 4 is 11.9 Å². The summed E-state index contributed by atoms with van der Waals surface area (Å²) in [6.45, 7) is 4.28. The lowest BCUT2D eigenvalue weighted by Crippen LogP contribution is -2.52. The second-order valence-corrected chi connectivity index (χ2v) is 7.23. The lowest BCUT2D eigenvalue weighted by molar-refractivity contribution is -0.155. The summed E-state index contributed by atoms with van der Waals surface area (Å²) >= 11 is 0. The lowest BCUT2D eigenvalue weighted by atomic mass is 9.79. The van der Waals surface area contributed by atoms with Crippen molar-refractivity contribution in [3.05, 3.63) is 29.3 Å². The van der Waals surface area contributed by atoms with Crippen LogP contribution in [0, 0.1) is 5.41 Å². The second-order valence-electron chi connectivity index (χ2n) is 7.23. The highest BCUT2D eigenvalue weighted by atomic mass is 16.5. The minimum Gasteiger partial charge on any atom is -0.491 e. The molecule has 0 radical (unpaired) electrons. The highest BCUT2D eigenvalue weighted by Gasteiger charge is 2.44. The van der Waals surface area contributed by atoms with Gasteiger partial charge in [0.2, 0.25) is 5.91 Å². The molecule has 0 unspecified atom stereocenters. The molecule has 1 atom stereocenters. The Morgan fingerprint density at radius 3 is 2.67 bits per heavy atom. The molecular weight excluding hydrogens is 350 g/mol. The standard InChI is InChI=1S/C20H27NO6/c1-14-12-27-17-10-15(18(22)25-3)4-5-16(17)11-21(14)19(23)20(13-24-2)6-8-26-9-7-20/h4-5,10,14H,6-9,11-13H2,1-3H3/t14-/m0/s1. The van der Waals surface area contributed by atoms with Gasteiger partial charge in [-0.05, 0) is 31.9 Å². The SMILES string of the molecule is COCC1(C(=O)N2Cc3ccc(C(=O)OC)cc3OC[C@@H]2C)CCOCC1. The zero-order valence-corrected chi connectivity index (χ0v) is 16.2. The first-order valence-electron chi connectivity index (χ1n) is 9.22. The smallest absolute Gasteiger partial charge is 0.337 e. The second kappa shape index (κ2) is 8.27. The van der Waals surface area contributed by atoms with Crippen LogP contribution in [0.25, 0.3) is 0 Å². The lowest BCUT2D eigenvalue weighted by Gasteiger charge is -2.40. The fourth-order valence-electron chi connectivity index (χ4n) is 3.74. The molecule has 7 nitrogen and oxygen atoms in total. The van der Waals surface area contributed by atoms with E-state index < -0.39 is 11.4 Å². The van der Waals surface area contributed by atoms with E-state index in [4.69, 9.17) is 18.9 Å². The first kappa shape index (κ1) is 19.6. The molecule has 1 saturated heterocycles. The maximum atomic E-state index is 13.5. The molecule has 148 valence electrons. The van der Waals surface area contributed by atoms with Crippen LogP contribution in [0.1, 0.15) is 35.7 Å². The van der Waals surface area contributed by atoms with Gasteiger partial charge in [-0.2, -0.15) is 0 Å². The van der Waals surface area contributed by atoms with Crippen molar-refractivity contribution in [3.8, 4) is 5.75 Å². The first-order chi connectivity index (χ1) is 13.0. The van der Waals surface area contributed by atoms with Crippen LogP contribution in [-0.4, -0.2) is 63.5 Å². The van der Waals surface area contributed by atoms with E-state index in [0.717, 1.165) is 5.56 Å². The average molecular weight is 377 g/mol. The zero-order chi connectivity index (χ0) is 19.4. The van der Waals surface area contributed by atoms with Crippen LogP contribution in [0.2, 0.25) is 0 Å². The van der Waals surface area contributed by atoms with Crippen molar-refractivity contribution in [3.63, 3.8) is 0 Å². The minimum absolute atomic E-state index is 0.0774. The van der Waals surface area contributed by atoms with Crippen LogP contribution >= 0.6 is 0 Å². The molecule has 3 rings (SSSR count). The van der Waals surface area contributed by atoms with Crippen LogP contribution in [0.15, 0.2) is 18.2 Å². The predicted molar refractivity (Wildman–Crippen MR) is 97.7 cm³/mol. The number of esters is 1. The molecule has 0 aliphatic carbocycles. The molecular formula is C20H27NO6. The van der Waals surface area contributed by atoms with Crippen molar-refractivity contribution in [2.75, 3.05) is 40.6 Å². The summed E-state index contributed by atoms with van der Waals surface area (Å²) in [5, 5.41) is 0. The largest absolute Gasteiger partial charge is 0.491 e. The number of methoxy groups -OCH3 is 2. The van der Waals surface area contributed by atoms with Gasteiger partial charge in [-0.25, -0.2) is 4.79 Å². The molecule has 2 aliphatic heterocycles. The number of amides is 1. The van der Waals surface area contributed by atoms with Gasteiger partial charge in [0.25, 0.3) is 0 Å². The van der Waals surface area contributed by atoms with Crippen molar-refractivity contribution in [2.45, 2.75) is 32.4 Å². The van der Waals surface area contributed by atoms with Crippen LogP contribution in [0.5, 0.6) is 5.75 Å². The fourth-order valence-corrected chi connectivity index (χ4v) is 3.74. The van der Waals surface area contributed by atoms with E-state index in [1.807, 2.05) is 17.9 Å². The number of hydrogen-bond donors (Lipinski definition) is 0. The summed E-state index contributed by atoms with van der Waals surface area (Å²) < 4.78 is 21.5. The highest BCUT2D eigenvalue weighted by molar-refractivity contribution is 5.90. The van der Waals surface area contributed by atoms with E-state index in [1.54, 1.807) is 19.2 Å². The van der Waals surface area contributed by atoms with Gasteiger partial charge in [-0.15, -0.1) is 0 Å². The number of benzene rings is 1. The molecule has 7 heteroatoms. The molecule has 27 heavy (non-hydrogen) atoms. The van der Waals surface area contributed by atoms with Crippen molar-refractivity contribution in [2.24, 2.45) is 5.41 Å².